The zero-order valence-electron chi connectivity index (χ0n) is 11.4. The highest BCUT2D eigenvalue weighted by Gasteiger charge is 2.41. The Morgan fingerprint density at radius 1 is 1.38 bits per heavy atom. The van der Waals surface area contributed by atoms with Gasteiger partial charge >= 0.3 is 12.1 Å². The van der Waals surface area contributed by atoms with Gasteiger partial charge in [-0.1, -0.05) is 17.7 Å². The lowest BCUT2D eigenvalue weighted by molar-refractivity contribution is -0.156. The number of alkyl halides is 3. The van der Waals surface area contributed by atoms with E-state index in [0.717, 1.165) is 5.56 Å². The van der Waals surface area contributed by atoms with Crippen molar-refractivity contribution in [2.24, 2.45) is 5.92 Å². The van der Waals surface area contributed by atoms with Crippen LogP contribution in [0.2, 0.25) is 0 Å². The predicted octanol–water partition coefficient (Wildman–Crippen LogP) is 2.98. The van der Waals surface area contributed by atoms with E-state index in [4.69, 9.17) is 10.4 Å². The predicted molar refractivity (Wildman–Crippen MR) is 70.8 cm³/mol. The molecule has 1 N–H and O–H groups in total. The number of halogens is 3. The first-order chi connectivity index (χ1) is 9.74. The van der Waals surface area contributed by atoms with Crippen LogP contribution in [0, 0.1) is 24.2 Å². The Bertz CT molecular complexity index is 521. The third-order valence-corrected chi connectivity index (χ3v) is 2.95. The molecule has 4 nitrogen and oxygen atoms in total. The third kappa shape index (κ3) is 5.34. The molecule has 0 aliphatic heterocycles. The molecule has 0 radical (unpaired) electrons. The van der Waals surface area contributed by atoms with Crippen LogP contribution in [0.1, 0.15) is 12.0 Å². The van der Waals surface area contributed by atoms with Crippen molar-refractivity contribution in [1.29, 1.82) is 5.26 Å². The molecule has 0 aliphatic rings. The van der Waals surface area contributed by atoms with E-state index in [1.54, 1.807) is 24.3 Å². The molecule has 1 aromatic rings. The zero-order valence-corrected chi connectivity index (χ0v) is 11.4. The minimum atomic E-state index is -4.64. The lowest BCUT2D eigenvalue weighted by Crippen LogP contribution is -2.37. The number of nitriles is 1. The average Bonchev–Trinajstić information content (AvgIpc) is 2.38. The number of rotatable bonds is 6. The second kappa shape index (κ2) is 6.97. The quantitative estimate of drug-likeness (QED) is 0.877. The number of nitrogens with zero attached hydrogens (tertiary/aromatic N) is 2. The van der Waals surface area contributed by atoms with Crippen molar-refractivity contribution in [2.75, 3.05) is 18.0 Å². The molecule has 0 aromatic heterocycles. The highest BCUT2D eigenvalue weighted by atomic mass is 19.4. The van der Waals surface area contributed by atoms with Crippen LogP contribution >= 0.6 is 0 Å². The second-order valence-corrected chi connectivity index (χ2v) is 4.65. The van der Waals surface area contributed by atoms with Gasteiger partial charge in [-0.25, -0.2) is 0 Å². The minimum Gasteiger partial charge on any atom is -0.481 e. The summed E-state index contributed by atoms with van der Waals surface area (Å²) in [6.07, 6.45) is -4.94. The van der Waals surface area contributed by atoms with Gasteiger partial charge in [0.05, 0.1) is 12.5 Å². The molecule has 0 bridgehead atoms. The van der Waals surface area contributed by atoms with Crippen LogP contribution < -0.4 is 4.90 Å². The van der Waals surface area contributed by atoms with Gasteiger partial charge in [0.1, 0.15) is 0 Å². The smallest absolute Gasteiger partial charge is 0.406 e. The summed E-state index contributed by atoms with van der Waals surface area (Å²) in [4.78, 5) is 11.9. The van der Waals surface area contributed by atoms with Gasteiger partial charge in [-0.15, -0.1) is 0 Å². The number of hydrogen-bond acceptors (Lipinski definition) is 3. The number of carbonyl (C=O) groups is 1. The molecule has 0 heterocycles. The monoisotopic (exact) mass is 300 g/mol. The van der Waals surface area contributed by atoms with Crippen LogP contribution in [-0.4, -0.2) is 30.3 Å². The molecule has 0 aliphatic carbocycles. The number of carboxylic acids is 1. The van der Waals surface area contributed by atoms with E-state index in [1.807, 2.05) is 6.92 Å². The molecule has 0 saturated carbocycles. The summed E-state index contributed by atoms with van der Waals surface area (Å²) in [7, 11) is 0. The van der Waals surface area contributed by atoms with Gasteiger partial charge in [-0.3, -0.25) is 4.79 Å². The van der Waals surface area contributed by atoms with Gasteiger partial charge in [-0.05, 0) is 19.1 Å². The van der Waals surface area contributed by atoms with Crippen molar-refractivity contribution in [2.45, 2.75) is 19.5 Å². The molecule has 0 fully saturated rings. The van der Waals surface area contributed by atoms with E-state index in [0.29, 0.717) is 5.69 Å². The van der Waals surface area contributed by atoms with Crippen molar-refractivity contribution in [3.05, 3.63) is 29.8 Å². The summed E-state index contributed by atoms with van der Waals surface area (Å²) in [5, 5.41) is 17.4. The number of carboxylic acid groups (broad SMARTS) is 1. The maximum Gasteiger partial charge on any atom is 0.406 e. The fourth-order valence-electron chi connectivity index (χ4n) is 1.75. The number of aryl methyl sites for hydroxylation is 1. The minimum absolute atomic E-state index is 0.0906. The first-order valence-electron chi connectivity index (χ1n) is 6.23. The van der Waals surface area contributed by atoms with Crippen molar-refractivity contribution < 1.29 is 23.1 Å². The average molecular weight is 300 g/mol. The Morgan fingerprint density at radius 3 is 2.38 bits per heavy atom. The van der Waals surface area contributed by atoms with E-state index < -0.39 is 24.6 Å². The van der Waals surface area contributed by atoms with Gasteiger partial charge in [0.25, 0.3) is 0 Å². The normalized spacial score (nSPS) is 12.5. The van der Waals surface area contributed by atoms with Crippen LogP contribution in [0.5, 0.6) is 0 Å². The van der Waals surface area contributed by atoms with Gasteiger partial charge < -0.3 is 10.0 Å². The van der Waals surface area contributed by atoms with Crippen LogP contribution in [0.25, 0.3) is 0 Å². The van der Waals surface area contributed by atoms with E-state index in [1.165, 1.54) is 11.0 Å². The zero-order chi connectivity index (χ0) is 16.0. The summed E-state index contributed by atoms with van der Waals surface area (Å²) in [6.45, 7) is 1.15. The molecule has 1 rings (SSSR count). The van der Waals surface area contributed by atoms with E-state index in [2.05, 4.69) is 0 Å². The Labute approximate surface area is 120 Å². The first-order valence-corrected chi connectivity index (χ1v) is 6.23. The molecule has 0 amide bonds. The summed E-state index contributed by atoms with van der Waals surface area (Å²) in [5.41, 5.74) is 1.40. The Hall–Kier alpha value is -2.23. The molecule has 0 spiro atoms. The molecule has 21 heavy (non-hydrogen) atoms. The highest BCUT2D eigenvalue weighted by Crippen LogP contribution is 2.28. The number of aliphatic carboxylic acids is 1. The van der Waals surface area contributed by atoms with E-state index in [-0.39, 0.29) is 13.0 Å². The molecular formula is C14H15F3N2O2. The third-order valence-electron chi connectivity index (χ3n) is 2.95. The lowest BCUT2D eigenvalue weighted by atomic mass is 10.1. The van der Waals surface area contributed by atoms with E-state index >= 15 is 0 Å². The number of hydrogen-bond donors (Lipinski definition) is 1. The molecule has 1 atom stereocenters. The maximum atomic E-state index is 12.7. The number of anilines is 1. The molecule has 1 unspecified atom stereocenters. The summed E-state index contributed by atoms with van der Waals surface area (Å²) < 4.78 is 38.1. The van der Waals surface area contributed by atoms with E-state index in [9.17, 15) is 18.0 Å². The first kappa shape index (κ1) is 16.8. The summed E-state index contributed by atoms with van der Waals surface area (Å²) >= 11 is 0. The number of benzene rings is 1. The summed E-state index contributed by atoms with van der Waals surface area (Å²) in [6, 6.07) is 7.89. The molecular weight excluding hydrogens is 285 g/mol. The van der Waals surface area contributed by atoms with Crippen molar-refractivity contribution in [1.82, 2.24) is 0 Å². The largest absolute Gasteiger partial charge is 0.481 e. The molecule has 114 valence electrons. The van der Waals surface area contributed by atoms with Crippen LogP contribution in [0.3, 0.4) is 0 Å². The Kier molecular flexibility index (Phi) is 5.59. The fraction of sp³-hybridized carbons (Fsp3) is 0.429. The van der Waals surface area contributed by atoms with Crippen LogP contribution in [0.15, 0.2) is 24.3 Å². The van der Waals surface area contributed by atoms with Gasteiger partial charge in [-0.2, -0.15) is 18.4 Å². The molecule has 0 saturated heterocycles. The fourth-order valence-corrected chi connectivity index (χ4v) is 1.75. The van der Waals surface area contributed by atoms with Gasteiger partial charge in [0, 0.05) is 18.8 Å². The maximum absolute atomic E-state index is 12.7. The topological polar surface area (TPSA) is 64.3 Å². The van der Waals surface area contributed by atoms with Crippen LogP contribution in [-0.2, 0) is 4.79 Å². The SMILES string of the molecule is Cc1ccc(N(CCC(=O)O)CC(C#N)C(F)(F)F)cc1. The Morgan fingerprint density at radius 2 is 1.95 bits per heavy atom. The van der Waals surface area contributed by atoms with Crippen LogP contribution in [0.4, 0.5) is 18.9 Å². The van der Waals surface area contributed by atoms with Gasteiger partial charge in [0.2, 0.25) is 0 Å². The van der Waals surface area contributed by atoms with Gasteiger partial charge in [0.15, 0.2) is 5.92 Å². The lowest BCUT2D eigenvalue weighted by Gasteiger charge is -2.27. The van der Waals surface area contributed by atoms with Crippen molar-refractivity contribution in [3.63, 3.8) is 0 Å². The van der Waals surface area contributed by atoms with Crippen molar-refractivity contribution >= 4 is 11.7 Å². The molecule has 7 heteroatoms. The Balaban J connectivity index is 2.94. The van der Waals surface area contributed by atoms with Crippen molar-refractivity contribution in [3.8, 4) is 6.07 Å². The standard InChI is InChI=1S/C14H15F3N2O2/c1-10-2-4-12(5-3-10)19(7-6-13(20)21)9-11(8-18)14(15,16)17/h2-5,11H,6-7,9H2,1H3,(H,20,21). The summed E-state index contributed by atoms with van der Waals surface area (Å²) in [5.74, 6) is -3.26. The highest BCUT2D eigenvalue weighted by molar-refractivity contribution is 5.67. The second-order valence-electron chi connectivity index (χ2n) is 4.65. The molecule has 1 aromatic carbocycles.